The molecule has 0 bridgehead atoms. The normalized spacial score (nSPS) is 16.1. The average Bonchev–Trinajstić information content (AvgIpc) is 2.69. The zero-order chi connectivity index (χ0) is 20.9. The first-order valence-electron chi connectivity index (χ1n) is 9.70. The summed E-state index contributed by atoms with van der Waals surface area (Å²) in [7, 11) is 0. The molecule has 3 aromatic rings. The van der Waals surface area contributed by atoms with E-state index in [-0.39, 0.29) is 68.4 Å². The Hall–Kier alpha value is -1.38. The van der Waals surface area contributed by atoms with Gasteiger partial charge >= 0.3 is 0 Å². The van der Waals surface area contributed by atoms with E-state index in [9.17, 15) is 0 Å². The van der Waals surface area contributed by atoms with E-state index < -0.39 is 0 Å². The van der Waals surface area contributed by atoms with Crippen LogP contribution >= 0.6 is 31.9 Å². The number of hydrogen-bond acceptors (Lipinski definition) is 0. The molecular formula is C18H12Br2. The van der Waals surface area contributed by atoms with Crippen LogP contribution in [0.1, 0.15) is 11.0 Å². The third-order valence-electron chi connectivity index (χ3n) is 2.65. The monoisotopic (exact) mass is 394 g/mol. The van der Waals surface area contributed by atoms with E-state index in [1.54, 1.807) is 24.3 Å². The fourth-order valence-electron chi connectivity index (χ4n) is 1.69. The molecule has 0 radical (unpaired) electrons. The van der Waals surface area contributed by atoms with Crippen LogP contribution in [0, 0.1) is 0 Å². The van der Waals surface area contributed by atoms with Gasteiger partial charge in [0.25, 0.3) is 0 Å². The van der Waals surface area contributed by atoms with Gasteiger partial charge in [0.15, 0.2) is 0 Å². The minimum Gasteiger partial charge on any atom is -0.0538 e. The molecule has 3 aromatic carbocycles. The number of hydrogen-bond donors (Lipinski definition) is 0. The Morgan fingerprint density at radius 3 is 1.10 bits per heavy atom. The van der Waals surface area contributed by atoms with E-state index in [0.717, 1.165) is 0 Å². The number of rotatable bonds is 2. The van der Waals surface area contributed by atoms with Gasteiger partial charge in [0, 0.05) is 8.95 Å². The van der Waals surface area contributed by atoms with Gasteiger partial charge in [0.1, 0.15) is 0 Å². The summed E-state index contributed by atoms with van der Waals surface area (Å²) in [5, 5.41) is 0. The zero-order valence-corrected chi connectivity index (χ0v) is 13.2. The quantitative estimate of drug-likeness (QED) is 0.461. The van der Waals surface area contributed by atoms with E-state index in [1.807, 2.05) is 0 Å². The zero-order valence-electron chi connectivity index (χ0n) is 18.1. The van der Waals surface area contributed by atoms with Gasteiger partial charge in [-0.05, 0) is 46.4 Å². The number of benzene rings is 3. The molecule has 0 aliphatic rings. The van der Waals surface area contributed by atoms with Crippen molar-refractivity contribution in [3.8, 4) is 22.3 Å². The van der Waals surface area contributed by atoms with Crippen LogP contribution < -0.4 is 0 Å². The molecule has 0 aliphatic carbocycles. The number of halogens is 2. The molecule has 0 atom stereocenters. The van der Waals surface area contributed by atoms with Crippen LogP contribution in [0.2, 0.25) is 0 Å². The van der Waals surface area contributed by atoms with E-state index >= 15 is 0 Å². The highest BCUT2D eigenvalue weighted by Crippen LogP contribution is 2.26. The van der Waals surface area contributed by atoms with Gasteiger partial charge < -0.3 is 0 Å². The Labute approximate surface area is 147 Å². The van der Waals surface area contributed by atoms with Gasteiger partial charge in [-0.25, -0.2) is 0 Å². The molecule has 20 heavy (non-hydrogen) atoms. The molecule has 0 spiro atoms. The molecule has 0 heterocycles. The van der Waals surface area contributed by atoms with Crippen molar-refractivity contribution < 1.29 is 11.0 Å². The molecule has 0 N–H and O–H groups in total. The molecule has 98 valence electrons. The summed E-state index contributed by atoms with van der Waals surface area (Å²) < 4.78 is 64.5. The molecule has 0 aromatic heterocycles. The van der Waals surface area contributed by atoms with Crippen molar-refractivity contribution in [2.45, 2.75) is 0 Å². The predicted molar refractivity (Wildman–Crippen MR) is 92.7 cm³/mol. The van der Waals surface area contributed by atoms with Crippen LogP contribution in [-0.2, 0) is 0 Å². The van der Waals surface area contributed by atoms with Gasteiger partial charge in [-0.1, -0.05) is 80.3 Å². The second-order valence-corrected chi connectivity index (χ2v) is 5.54. The fraction of sp³-hybridized carbons (Fsp3) is 0. The maximum atomic E-state index is 8.14. The second-order valence-electron chi connectivity index (χ2n) is 3.96. The molecular weight excluding hydrogens is 376 g/mol. The largest absolute Gasteiger partial charge is 0.0635 e. The third kappa shape index (κ3) is 3.02. The maximum Gasteiger partial charge on any atom is 0.0635 e. The molecule has 3 rings (SSSR count). The van der Waals surface area contributed by atoms with Gasteiger partial charge in [-0.2, -0.15) is 0 Å². The minimum absolute atomic E-state index is 0.0985. The minimum atomic E-state index is -0.174. The van der Waals surface area contributed by atoms with Crippen LogP contribution in [0.3, 0.4) is 0 Å². The Kier molecular flexibility index (Phi) is 2.10. The second kappa shape index (κ2) is 5.94. The van der Waals surface area contributed by atoms with E-state index in [2.05, 4.69) is 31.9 Å². The topological polar surface area (TPSA) is 0 Å². The SMILES string of the molecule is [2H]c1c([2H])c(-c2ccc(-c3c([2H])c([2H])c(Br)c([2H])c3[2H])cc2)c([2H])c([2H])c1Br. The summed E-state index contributed by atoms with van der Waals surface area (Å²) in [5.41, 5.74) is 1.22. The van der Waals surface area contributed by atoms with Crippen molar-refractivity contribution in [2.24, 2.45) is 0 Å². The summed E-state index contributed by atoms with van der Waals surface area (Å²) in [5.74, 6) is 0. The molecule has 2 heteroatoms. The first-order chi connectivity index (χ1) is 13.1. The molecule has 0 nitrogen and oxygen atoms in total. The summed E-state index contributed by atoms with van der Waals surface area (Å²) in [6, 6.07) is 4.96. The van der Waals surface area contributed by atoms with Gasteiger partial charge in [-0.3, -0.25) is 0 Å². The standard InChI is InChI=1S/C18H12Br2/c19-17-9-5-15(6-10-17)13-1-2-14(4-3-13)16-7-11-18(20)12-8-16/h1-12H/i5D,6D,7D,8D,9D,10D,11D,12D. The molecule has 0 saturated carbocycles. The van der Waals surface area contributed by atoms with Crippen molar-refractivity contribution in [1.82, 2.24) is 0 Å². The first kappa shape index (κ1) is 7.06. The van der Waals surface area contributed by atoms with Crippen molar-refractivity contribution >= 4 is 31.9 Å². The Morgan fingerprint density at radius 2 is 0.800 bits per heavy atom. The molecule has 0 fully saturated rings. The van der Waals surface area contributed by atoms with Gasteiger partial charge in [0.05, 0.1) is 11.0 Å². The highest BCUT2D eigenvalue weighted by Gasteiger charge is 2.00. The highest BCUT2D eigenvalue weighted by atomic mass is 79.9. The van der Waals surface area contributed by atoms with Gasteiger partial charge in [0.2, 0.25) is 0 Å². The maximum absolute atomic E-state index is 8.14. The van der Waals surface area contributed by atoms with Crippen LogP contribution in [-0.4, -0.2) is 0 Å². The van der Waals surface area contributed by atoms with Crippen LogP contribution in [0.15, 0.2) is 81.6 Å². The molecule has 0 aliphatic heterocycles. The van der Waals surface area contributed by atoms with Crippen LogP contribution in [0.5, 0.6) is 0 Å². The lowest BCUT2D eigenvalue weighted by Gasteiger charge is -2.05. The van der Waals surface area contributed by atoms with Crippen molar-refractivity contribution in [2.75, 3.05) is 0 Å². The molecule has 0 amide bonds. The summed E-state index contributed by atoms with van der Waals surface area (Å²) >= 11 is 6.14. The lowest BCUT2D eigenvalue weighted by Crippen LogP contribution is -1.80. The summed E-state index contributed by atoms with van der Waals surface area (Å²) in [4.78, 5) is 0. The van der Waals surface area contributed by atoms with Crippen molar-refractivity contribution in [1.29, 1.82) is 0 Å². The van der Waals surface area contributed by atoms with E-state index in [1.165, 1.54) is 0 Å². The van der Waals surface area contributed by atoms with Crippen molar-refractivity contribution in [3.63, 3.8) is 0 Å². The molecule has 0 saturated heterocycles. The van der Waals surface area contributed by atoms with Gasteiger partial charge in [-0.15, -0.1) is 0 Å². The fourth-order valence-corrected chi connectivity index (χ4v) is 2.08. The van der Waals surface area contributed by atoms with Crippen molar-refractivity contribution in [3.05, 3.63) is 81.6 Å². The van der Waals surface area contributed by atoms with Crippen LogP contribution in [0.25, 0.3) is 22.3 Å². The van der Waals surface area contributed by atoms with Crippen LogP contribution in [0.4, 0.5) is 0 Å². The smallest absolute Gasteiger partial charge is 0.0538 e. The summed E-state index contributed by atoms with van der Waals surface area (Å²) in [6.07, 6.45) is 0. The highest BCUT2D eigenvalue weighted by molar-refractivity contribution is 9.10. The lowest BCUT2D eigenvalue weighted by atomic mass is 10.0. The Bertz CT molecular complexity index is 964. The summed E-state index contributed by atoms with van der Waals surface area (Å²) in [6.45, 7) is 0. The average molecular weight is 396 g/mol. The Balaban J connectivity index is 2.18. The molecule has 0 unspecified atom stereocenters. The predicted octanol–water partition coefficient (Wildman–Crippen LogP) is 6.55. The lowest BCUT2D eigenvalue weighted by molar-refractivity contribution is 1.57. The van der Waals surface area contributed by atoms with E-state index in [0.29, 0.717) is 11.1 Å². The Morgan fingerprint density at radius 1 is 0.500 bits per heavy atom. The first-order valence-corrected chi connectivity index (χ1v) is 7.29. The van der Waals surface area contributed by atoms with E-state index in [4.69, 9.17) is 11.0 Å². The third-order valence-corrected chi connectivity index (χ3v) is 3.44.